The minimum absolute atomic E-state index is 0.451. The normalized spacial score (nSPS) is 13.1. The second-order valence-electron chi connectivity index (χ2n) is 5.73. The molecule has 0 saturated carbocycles. The smallest absolute Gasteiger partial charge is 0.191 e. The molecule has 0 aliphatic rings. The van der Waals surface area contributed by atoms with Crippen LogP contribution in [0.4, 0.5) is 0 Å². The van der Waals surface area contributed by atoms with Gasteiger partial charge in [0.25, 0.3) is 0 Å². The van der Waals surface area contributed by atoms with E-state index in [-0.39, 0.29) is 0 Å². The van der Waals surface area contributed by atoms with Crippen LogP contribution < -0.4 is 10.6 Å². The Morgan fingerprint density at radius 1 is 1.43 bits per heavy atom. The molecule has 0 spiro atoms. The van der Waals surface area contributed by atoms with Crippen LogP contribution in [0.1, 0.15) is 37.3 Å². The zero-order valence-electron chi connectivity index (χ0n) is 14.2. The standard InChI is InChI=1S/C17H27N5S/c1-4-18-17(20-10-14(2)16-7-9-23-13-16)19-8-5-6-15-11-21-22(3)12-15/h7,9,11-14H,4-6,8,10H2,1-3H3,(H2,18,19,20). The van der Waals surface area contributed by atoms with Gasteiger partial charge in [0.15, 0.2) is 5.96 Å². The lowest BCUT2D eigenvalue weighted by Gasteiger charge is -2.13. The fourth-order valence-electron chi connectivity index (χ4n) is 2.33. The Labute approximate surface area is 142 Å². The maximum Gasteiger partial charge on any atom is 0.191 e. The van der Waals surface area contributed by atoms with Gasteiger partial charge in [-0.3, -0.25) is 9.67 Å². The molecule has 0 aliphatic carbocycles. The van der Waals surface area contributed by atoms with Crippen molar-refractivity contribution in [3.05, 3.63) is 40.3 Å². The van der Waals surface area contributed by atoms with E-state index < -0.39 is 0 Å². The van der Waals surface area contributed by atoms with E-state index in [0.717, 1.165) is 38.4 Å². The highest BCUT2D eigenvalue weighted by atomic mass is 32.1. The predicted molar refractivity (Wildman–Crippen MR) is 98.2 cm³/mol. The maximum absolute atomic E-state index is 4.70. The van der Waals surface area contributed by atoms with E-state index in [2.05, 4.69) is 52.6 Å². The minimum atomic E-state index is 0.451. The second-order valence-corrected chi connectivity index (χ2v) is 6.51. The van der Waals surface area contributed by atoms with Crippen molar-refractivity contribution in [3.63, 3.8) is 0 Å². The van der Waals surface area contributed by atoms with Crippen molar-refractivity contribution in [1.29, 1.82) is 0 Å². The van der Waals surface area contributed by atoms with Crippen LogP contribution in [-0.2, 0) is 13.5 Å². The molecule has 2 N–H and O–H groups in total. The summed E-state index contributed by atoms with van der Waals surface area (Å²) in [4.78, 5) is 4.70. The van der Waals surface area contributed by atoms with E-state index in [1.165, 1.54) is 11.1 Å². The Morgan fingerprint density at radius 3 is 2.96 bits per heavy atom. The number of nitrogens with one attached hydrogen (secondary N) is 2. The van der Waals surface area contributed by atoms with Crippen molar-refractivity contribution in [2.75, 3.05) is 19.6 Å². The summed E-state index contributed by atoms with van der Waals surface area (Å²) in [5.41, 5.74) is 2.65. The number of hydrogen-bond donors (Lipinski definition) is 2. The van der Waals surface area contributed by atoms with E-state index in [1.807, 2.05) is 17.9 Å². The average molecular weight is 334 g/mol. The van der Waals surface area contributed by atoms with E-state index in [4.69, 9.17) is 4.99 Å². The first kappa shape index (κ1) is 17.5. The quantitative estimate of drug-likeness (QED) is 0.444. The zero-order valence-corrected chi connectivity index (χ0v) is 15.1. The van der Waals surface area contributed by atoms with Gasteiger partial charge in [0.05, 0.1) is 6.20 Å². The largest absolute Gasteiger partial charge is 0.357 e. The number of rotatable bonds is 8. The number of aliphatic imine (C=N–C) groups is 1. The predicted octanol–water partition coefficient (Wildman–Crippen LogP) is 2.77. The molecule has 0 bridgehead atoms. The Balaban J connectivity index is 1.75. The third-order valence-electron chi connectivity index (χ3n) is 3.67. The van der Waals surface area contributed by atoms with Crippen molar-refractivity contribution in [3.8, 4) is 0 Å². The van der Waals surface area contributed by atoms with Crippen LogP contribution in [0.15, 0.2) is 34.2 Å². The molecular formula is C17H27N5S. The Hall–Kier alpha value is -1.82. The molecule has 0 amide bonds. The van der Waals surface area contributed by atoms with Crippen molar-refractivity contribution >= 4 is 17.3 Å². The molecule has 0 aromatic carbocycles. The monoisotopic (exact) mass is 333 g/mol. The number of nitrogens with zero attached hydrogens (tertiary/aromatic N) is 3. The maximum atomic E-state index is 4.70. The van der Waals surface area contributed by atoms with Gasteiger partial charge in [-0.2, -0.15) is 16.4 Å². The number of hydrogen-bond acceptors (Lipinski definition) is 3. The molecule has 0 fully saturated rings. The summed E-state index contributed by atoms with van der Waals surface area (Å²) in [5, 5.41) is 15.2. The highest BCUT2D eigenvalue weighted by Gasteiger charge is 2.06. The van der Waals surface area contributed by atoms with Crippen LogP contribution in [-0.4, -0.2) is 35.4 Å². The molecule has 126 valence electrons. The van der Waals surface area contributed by atoms with Crippen LogP contribution in [0, 0.1) is 0 Å². The fourth-order valence-corrected chi connectivity index (χ4v) is 3.11. The van der Waals surface area contributed by atoms with Gasteiger partial charge in [0.1, 0.15) is 0 Å². The van der Waals surface area contributed by atoms with E-state index in [9.17, 15) is 0 Å². The van der Waals surface area contributed by atoms with Gasteiger partial charge in [-0.25, -0.2) is 0 Å². The van der Waals surface area contributed by atoms with E-state index in [1.54, 1.807) is 11.3 Å². The Kier molecular flexibility index (Phi) is 7.13. The third-order valence-corrected chi connectivity index (χ3v) is 4.37. The van der Waals surface area contributed by atoms with Crippen LogP contribution in [0.5, 0.6) is 0 Å². The molecular weight excluding hydrogens is 306 g/mol. The average Bonchev–Trinajstić information content (AvgIpc) is 3.20. The molecule has 2 aromatic rings. The summed E-state index contributed by atoms with van der Waals surface area (Å²) < 4.78 is 1.85. The van der Waals surface area contributed by atoms with Gasteiger partial charge in [-0.05, 0) is 47.7 Å². The molecule has 0 radical (unpaired) electrons. The van der Waals surface area contributed by atoms with E-state index in [0.29, 0.717) is 5.92 Å². The van der Waals surface area contributed by atoms with Gasteiger partial charge in [-0.1, -0.05) is 6.92 Å². The topological polar surface area (TPSA) is 54.2 Å². The van der Waals surface area contributed by atoms with Gasteiger partial charge in [0.2, 0.25) is 0 Å². The molecule has 2 heterocycles. The minimum Gasteiger partial charge on any atom is -0.357 e. The van der Waals surface area contributed by atoms with Crippen molar-refractivity contribution in [2.45, 2.75) is 32.6 Å². The van der Waals surface area contributed by atoms with Crippen molar-refractivity contribution < 1.29 is 0 Å². The molecule has 2 rings (SSSR count). The molecule has 23 heavy (non-hydrogen) atoms. The number of guanidine groups is 1. The van der Waals surface area contributed by atoms with Crippen LogP contribution in [0.2, 0.25) is 0 Å². The van der Waals surface area contributed by atoms with Gasteiger partial charge in [-0.15, -0.1) is 0 Å². The van der Waals surface area contributed by atoms with Gasteiger partial charge >= 0.3 is 0 Å². The fraction of sp³-hybridized carbons (Fsp3) is 0.529. The summed E-state index contributed by atoms with van der Waals surface area (Å²) in [6, 6.07) is 2.18. The lowest BCUT2D eigenvalue weighted by atomic mass is 10.1. The second kappa shape index (κ2) is 9.35. The molecule has 1 atom stereocenters. The van der Waals surface area contributed by atoms with Gasteiger partial charge in [0, 0.05) is 38.8 Å². The van der Waals surface area contributed by atoms with E-state index >= 15 is 0 Å². The van der Waals surface area contributed by atoms with Crippen molar-refractivity contribution in [2.24, 2.45) is 12.0 Å². The summed E-state index contributed by atoms with van der Waals surface area (Å²) in [5.74, 6) is 1.35. The molecule has 5 nitrogen and oxygen atoms in total. The van der Waals surface area contributed by atoms with Crippen LogP contribution in [0.3, 0.4) is 0 Å². The number of thiophene rings is 1. The molecule has 6 heteroatoms. The first-order chi connectivity index (χ1) is 11.2. The zero-order chi connectivity index (χ0) is 16.5. The summed E-state index contributed by atoms with van der Waals surface area (Å²) >= 11 is 1.74. The van der Waals surface area contributed by atoms with Crippen molar-refractivity contribution in [1.82, 2.24) is 20.4 Å². The first-order valence-corrected chi connectivity index (χ1v) is 9.15. The summed E-state index contributed by atoms with van der Waals surface area (Å²) in [6.07, 6.45) is 6.10. The lowest BCUT2D eigenvalue weighted by Crippen LogP contribution is -2.38. The Morgan fingerprint density at radius 2 is 2.30 bits per heavy atom. The summed E-state index contributed by atoms with van der Waals surface area (Å²) in [7, 11) is 1.95. The molecule has 1 unspecified atom stereocenters. The number of aromatic nitrogens is 2. The first-order valence-electron chi connectivity index (χ1n) is 8.20. The highest BCUT2D eigenvalue weighted by molar-refractivity contribution is 7.07. The molecule has 0 saturated heterocycles. The van der Waals surface area contributed by atoms with Gasteiger partial charge < -0.3 is 10.6 Å². The SMILES string of the molecule is CCNC(=NCC(C)c1ccsc1)NCCCc1cnn(C)c1. The molecule has 0 aliphatic heterocycles. The van der Waals surface area contributed by atoms with Crippen LogP contribution in [0.25, 0.3) is 0 Å². The lowest BCUT2D eigenvalue weighted by molar-refractivity contribution is 0.724. The number of aryl methyl sites for hydroxylation is 2. The highest BCUT2D eigenvalue weighted by Crippen LogP contribution is 2.18. The van der Waals surface area contributed by atoms with Crippen LogP contribution >= 0.6 is 11.3 Å². The molecule has 2 aromatic heterocycles. The Bertz CT molecular complexity index is 588. The third kappa shape index (κ3) is 6.06. The summed E-state index contributed by atoms with van der Waals surface area (Å²) in [6.45, 7) is 6.90.